The van der Waals surface area contributed by atoms with Crippen molar-refractivity contribution in [3.05, 3.63) is 64.4 Å². The van der Waals surface area contributed by atoms with Gasteiger partial charge in [0.2, 0.25) is 5.91 Å². The smallest absolute Gasteiger partial charge is 0.250 e. The summed E-state index contributed by atoms with van der Waals surface area (Å²) in [6.45, 7) is 4.50. The summed E-state index contributed by atoms with van der Waals surface area (Å²) < 4.78 is 0. The molecule has 0 unspecified atom stereocenters. The van der Waals surface area contributed by atoms with Crippen LogP contribution in [0.2, 0.25) is 0 Å². The lowest BCUT2D eigenvalue weighted by molar-refractivity contribution is -0.115. The van der Waals surface area contributed by atoms with Gasteiger partial charge in [-0.25, -0.2) is 0 Å². The van der Waals surface area contributed by atoms with Gasteiger partial charge in [-0.3, -0.25) is 15.0 Å². The third kappa shape index (κ3) is 5.49. The highest BCUT2D eigenvalue weighted by molar-refractivity contribution is 7.80. The summed E-state index contributed by atoms with van der Waals surface area (Å²) in [5, 5.41) is 5.29. The van der Waals surface area contributed by atoms with Gasteiger partial charge in [0, 0.05) is 43.7 Å². The van der Waals surface area contributed by atoms with Crippen LogP contribution in [-0.4, -0.2) is 47.0 Å². The molecule has 1 saturated heterocycles. The highest BCUT2D eigenvalue weighted by Gasteiger charge is 2.19. The third-order valence-electron chi connectivity index (χ3n) is 4.08. The Balaban J connectivity index is 1.43. The van der Waals surface area contributed by atoms with Gasteiger partial charge in [-0.15, -0.1) is 11.3 Å². The molecule has 0 bridgehead atoms. The van der Waals surface area contributed by atoms with Crippen molar-refractivity contribution in [1.29, 1.82) is 0 Å². The topological polar surface area (TPSA) is 35.6 Å². The summed E-state index contributed by atoms with van der Waals surface area (Å²) >= 11 is 6.97. The van der Waals surface area contributed by atoms with Gasteiger partial charge in [-0.1, -0.05) is 36.4 Å². The van der Waals surface area contributed by atoms with Crippen LogP contribution in [0, 0.1) is 0 Å². The zero-order valence-electron chi connectivity index (χ0n) is 13.9. The molecule has 4 nitrogen and oxygen atoms in total. The van der Waals surface area contributed by atoms with Crippen molar-refractivity contribution >= 4 is 40.7 Å². The number of nitrogens with zero attached hydrogens (tertiary/aromatic N) is 2. The fourth-order valence-corrected chi connectivity index (χ4v) is 3.62. The quantitative estimate of drug-likeness (QED) is 0.662. The van der Waals surface area contributed by atoms with E-state index in [0.29, 0.717) is 5.11 Å². The molecule has 3 rings (SSSR count). The molecule has 1 fully saturated rings. The lowest BCUT2D eigenvalue weighted by atomic mass is 10.2. The van der Waals surface area contributed by atoms with E-state index in [9.17, 15) is 4.79 Å². The number of rotatable bonds is 4. The maximum Gasteiger partial charge on any atom is 0.250 e. The van der Waals surface area contributed by atoms with Crippen molar-refractivity contribution in [2.24, 2.45) is 0 Å². The van der Waals surface area contributed by atoms with Crippen molar-refractivity contribution in [3.63, 3.8) is 0 Å². The van der Waals surface area contributed by atoms with Gasteiger partial charge >= 0.3 is 0 Å². The number of amides is 1. The Morgan fingerprint density at radius 2 is 1.88 bits per heavy atom. The predicted octanol–water partition coefficient (Wildman–Crippen LogP) is 2.98. The molecule has 1 amide bonds. The summed E-state index contributed by atoms with van der Waals surface area (Å²) in [5.74, 6) is -0.176. The van der Waals surface area contributed by atoms with Crippen molar-refractivity contribution in [2.45, 2.75) is 6.54 Å². The molecular weight excluding hydrogens is 350 g/mol. The van der Waals surface area contributed by atoms with Gasteiger partial charge in [0.25, 0.3) is 0 Å². The zero-order valence-corrected chi connectivity index (χ0v) is 15.6. The number of hydrogen-bond acceptors (Lipinski definition) is 4. The van der Waals surface area contributed by atoms with Gasteiger partial charge in [0.15, 0.2) is 5.11 Å². The molecule has 1 aromatic heterocycles. The Morgan fingerprint density at radius 3 is 2.56 bits per heavy atom. The summed E-state index contributed by atoms with van der Waals surface area (Å²) in [5.41, 5.74) is 1.32. The van der Waals surface area contributed by atoms with Crippen LogP contribution in [0.4, 0.5) is 0 Å². The molecule has 0 saturated carbocycles. The van der Waals surface area contributed by atoms with E-state index in [1.807, 2.05) is 23.6 Å². The first-order valence-corrected chi connectivity index (χ1v) is 9.57. The third-order valence-corrected chi connectivity index (χ3v) is 5.28. The Morgan fingerprint density at radius 1 is 1.12 bits per heavy atom. The van der Waals surface area contributed by atoms with E-state index >= 15 is 0 Å². The monoisotopic (exact) mass is 371 g/mol. The van der Waals surface area contributed by atoms with E-state index < -0.39 is 0 Å². The number of piperazine rings is 1. The molecule has 130 valence electrons. The van der Waals surface area contributed by atoms with E-state index in [4.69, 9.17) is 12.2 Å². The normalized spacial score (nSPS) is 15.4. The largest absolute Gasteiger partial charge is 0.346 e. The number of thiocarbonyl (C=S) groups is 1. The summed E-state index contributed by atoms with van der Waals surface area (Å²) in [4.78, 5) is 17.5. The second-order valence-electron chi connectivity index (χ2n) is 5.89. The van der Waals surface area contributed by atoms with Gasteiger partial charge in [0.05, 0.1) is 0 Å². The second-order valence-corrected chi connectivity index (χ2v) is 7.26. The first-order chi connectivity index (χ1) is 12.2. The number of nitrogens with one attached hydrogen (secondary N) is 1. The number of thiophene rings is 1. The maximum atomic E-state index is 12.0. The number of carbonyl (C=O) groups excluding carboxylic acids is 1. The van der Waals surface area contributed by atoms with Crippen LogP contribution in [0.5, 0.6) is 0 Å². The summed E-state index contributed by atoms with van der Waals surface area (Å²) in [6.07, 6.45) is 3.34. The standard InChI is InChI=1S/C19H21N3OS2/c23-18(9-8-17-7-4-14-25-17)20-19(24)22-12-10-21(11-13-22)15-16-5-2-1-3-6-16/h1-9,14H,10-13,15H2,(H,20,23,24)/b9-8+. The van der Waals surface area contributed by atoms with E-state index in [-0.39, 0.29) is 5.91 Å². The minimum Gasteiger partial charge on any atom is -0.346 e. The molecule has 0 aliphatic carbocycles. The minimum atomic E-state index is -0.176. The number of hydrogen-bond donors (Lipinski definition) is 1. The zero-order chi connectivity index (χ0) is 17.5. The lowest BCUT2D eigenvalue weighted by Gasteiger charge is -2.35. The molecule has 2 aromatic rings. The molecule has 25 heavy (non-hydrogen) atoms. The molecule has 0 spiro atoms. The molecule has 0 radical (unpaired) electrons. The number of carbonyl (C=O) groups is 1. The fraction of sp³-hybridized carbons (Fsp3) is 0.263. The van der Waals surface area contributed by atoms with E-state index in [1.54, 1.807) is 17.4 Å². The fourth-order valence-electron chi connectivity index (χ4n) is 2.72. The van der Waals surface area contributed by atoms with Crippen LogP contribution in [0.1, 0.15) is 10.4 Å². The van der Waals surface area contributed by atoms with Crippen molar-refractivity contribution in [2.75, 3.05) is 26.2 Å². The molecule has 1 aliphatic rings. The molecule has 1 N–H and O–H groups in total. The van der Waals surface area contributed by atoms with Gasteiger partial charge in [0.1, 0.15) is 0 Å². The maximum absolute atomic E-state index is 12.0. The van der Waals surface area contributed by atoms with Crippen LogP contribution < -0.4 is 5.32 Å². The van der Waals surface area contributed by atoms with Crippen LogP contribution in [0.15, 0.2) is 53.9 Å². The first kappa shape index (κ1) is 17.8. The van der Waals surface area contributed by atoms with Crippen LogP contribution >= 0.6 is 23.6 Å². The second kappa shape index (κ2) is 8.89. The van der Waals surface area contributed by atoms with Gasteiger partial charge in [-0.05, 0) is 35.3 Å². The van der Waals surface area contributed by atoms with Crippen molar-refractivity contribution in [1.82, 2.24) is 15.1 Å². The average molecular weight is 372 g/mol. The Bertz CT molecular complexity index is 720. The van der Waals surface area contributed by atoms with Gasteiger partial charge in [-0.2, -0.15) is 0 Å². The van der Waals surface area contributed by atoms with Crippen molar-refractivity contribution in [3.8, 4) is 0 Å². The molecule has 6 heteroatoms. The summed E-state index contributed by atoms with van der Waals surface area (Å²) in [6, 6.07) is 14.4. The molecule has 2 heterocycles. The first-order valence-electron chi connectivity index (χ1n) is 8.28. The van der Waals surface area contributed by atoms with E-state index in [1.165, 1.54) is 11.6 Å². The Kier molecular flexibility index (Phi) is 6.33. The van der Waals surface area contributed by atoms with Crippen LogP contribution in [-0.2, 0) is 11.3 Å². The minimum absolute atomic E-state index is 0.176. The van der Waals surface area contributed by atoms with Crippen molar-refractivity contribution < 1.29 is 4.79 Å². The summed E-state index contributed by atoms with van der Waals surface area (Å²) in [7, 11) is 0. The molecule has 1 aromatic carbocycles. The lowest BCUT2D eigenvalue weighted by Crippen LogP contribution is -2.52. The van der Waals surface area contributed by atoms with Crippen LogP contribution in [0.3, 0.4) is 0 Å². The van der Waals surface area contributed by atoms with Gasteiger partial charge < -0.3 is 4.90 Å². The highest BCUT2D eigenvalue weighted by atomic mass is 32.1. The highest BCUT2D eigenvalue weighted by Crippen LogP contribution is 2.10. The predicted molar refractivity (Wildman–Crippen MR) is 107 cm³/mol. The molecule has 0 atom stereocenters. The van der Waals surface area contributed by atoms with E-state index in [2.05, 4.69) is 39.4 Å². The number of benzene rings is 1. The molecular formula is C19H21N3OS2. The molecule has 1 aliphatic heterocycles. The Hall–Kier alpha value is -2.02. The Labute approximate surface area is 157 Å². The van der Waals surface area contributed by atoms with Crippen LogP contribution in [0.25, 0.3) is 6.08 Å². The average Bonchev–Trinajstić information content (AvgIpc) is 3.15. The SMILES string of the molecule is O=C(/C=C/c1cccs1)NC(=S)N1CCN(Cc2ccccc2)CC1. The van der Waals surface area contributed by atoms with E-state index in [0.717, 1.165) is 37.6 Å².